The summed E-state index contributed by atoms with van der Waals surface area (Å²) >= 11 is 0. The summed E-state index contributed by atoms with van der Waals surface area (Å²) in [7, 11) is 5.03. The minimum atomic E-state index is -0.616. The molecule has 1 unspecified atom stereocenters. The van der Waals surface area contributed by atoms with Gasteiger partial charge in [0, 0.05) is 31.8 Å². The van der Waals surface area contributed by atoms with Gasteiger partial charge >= 0.3 is 0 Å². The van der Waals surface area contributed by atoms with Gasteiger partial charge in [-0.1, -0.05) is 32.6 Å². The molecule has 0 radical (unpaired) electrons. The Morgan fingerprint density at radius 3 is 2.38 bits per heavy atom. The Hall–Kier alpha value is -2.74. The molecular weight excluding hydrogens is 408 g/mol. The van der Waals surface area contributed by atoms with Crippen LogP contribution in [0.1, 0.15) is 79.0 Å². The fraction of sp³-hybridized carbons (Fsp3) is 0.583. The van der Waals surface area contributed by atoms with Crippen LogP contribution in [0.2, 0.25) is 0 Å². The van der Waals surface area contributed by atoms with Gasteiger partial charge in [-0.3, -0.25) is 19.2 Å². The van der Waals surface area contributed by atoms with E-state index in [-0.39, 0.29) is 22.9 Å². The Morgan fingerprint density at radius 1 is 1.06 bits per heavy atom. The Morgan fingerprint density at radius 2 is 1.75 bits per heavy atom. The first-order valence-electron chi connectivity index (χ1n) is 11.4. The predicted octanol–water partition coefficient (Wildman–Crippen LogP) is 2.98. The number of hydrogen-bond acceptors (Lipinski definition) is 5. The summed E-state index contributed by atoms with van der Waals surface area (Å²) in [6.45, 7) is 2.95. The highest BCUT2D eigenvalue weighted by molar-refractivity contribution is 6.04. The van der Waals surface area contributed by atoms with E-state index in [4.69, 9.17) is 0 Å². The molecule has 0 aliphatic carbocycles. The zero-order valence-electron chi connectivity index (χ0n) is 19.8. The van der Waals surface area contributed by atoms with E-state index in [0.717, 1.165) is 45.1 Å². The van der Waals surface area contributed by atoms with E-state index in [2.05, 4.69) is 16.0 Å². The highest BCUT2D eigenvalue weighted by Gasteiger charge is 2.27. The zero-order valence-corrected chi connectivity index (χ0v) is 19.8. The molecular formula is C24H38N4O4. The molecule has 0 saturated carbocycles. The summed E-state index contributed by atoms with van der Waals surface area (Å²) in [5.41, 5.74) is 0.852. The molecule has 178 valence electrons. The Balaban J connectivity index is 2.73. The first-order chi connectivity index (χ1) is 15.4. The van der Waals surface area contributed by atoms with Crippen LogP contribution in [0.5, 0.6) is 0 Å². The quantitative estimate of drug-likeness (QED) is 0.284. The molecule has 8 nitrogen and oxygen atoms in total. The molecule has 0 aromatic heterocycles. The first-order valence-corrected chi connectivity index (χ1v) is 11.4. The zero-order chi connectivity index (χ0) is 23.9. The van der Waals surface area contributed by atoms with Crippen molar-refractivity contribution in [1.82, 2.24) is 15.5 Å². The second kappa shape index (κ2) is 15.1. The summed E-state index contributed by atoms with van der Waals surface area (Å²) < 4.78 is 0. The average Bonchev–Trinajstić information content (AvgIpc) is 2.80. The van der Waals surface area contributed by atoms with Crippen LogP contribution in [-0.2, 0) is 9.59 Å². The van der Waals surface area contributed by atoms with Crippen molar-refractivity contribution in [2.24, 2.45) is 0 Å². The molecule has 0 spiro atoms. The van der Waals surface area contributed by atoms with Crippen LogP contribution in [0.25, 0.3) is 0 Å². The van der Waals surface area contributed by atoms with Gasteiger partial charge in [-0.2, -0.15) is 0 Å². The van der Waals surface area contributed by atoms with Crippen LogP contribution in [0.4, 0.5) is 5.69 Å². The molecule has 32 heavy (non-hydrogen) atoms. The number of carbonyl (C=O) groups excluding carboxylic acids is 4. The van der Waals surface area contributed by atoms with Crippen molar-refractivity contribution in [2.75, 3.05) is 33.0 Å². The highest BCUT2D eigenvalue weighted by Crippen LogP contribution is 2.19. The van der Waals surface area contributed by atoms with Crippen LogP contribution >= 0.6 is 0 Å². The molecule has 0 fully saturated rings. The number of benzene rings is 1. The molecule has 8 heteroatoms. The molecule has 0 heterocycles. The van der Waals surface area contributed by atoms with Crippen LogP contribution in [0, 0.1) is 0 Å². The van der Waals surface area contributed by atoms with Gasteiger partial charge in [0.15, 0.2) is 6.29 Å². The van der Waals surface area contributed by atoms with Crippen LogP contribution in [0.15, 0.2) is 18.2 Å². The monoisotopic (exact) mass is 446 g/mol. The molecule has 1 rings (SSSR count). The lowest BCUT2D eigenvalue weighted by atomic mass is 10.0. The Labute approximate surface area is 191 Å². The normalized spacial score (nSPS) is 11.5. The fourth-order valence-corrected chi connectivity index (χ4v) is 3.55. The fourth-order valence-electron chi connectivity index (χ4n) is 3.55. The molecule has 1 atom stereocenters. The SMILES string of the molecule is CCCC(C(=O)NC)N(C)C(=O)c1ccc(NC(=O)CCCCCCCNC)cc1C=O. The molecule has 3 N–H and O–H groups in total. The molecule has 0 saturated heterocycles. The number of rotatable bonds is 15. The van der Waals surface area contributed by atoms with E-state index in [9.17, 15) is 19.2 Å². The Kier molecular flexibility index (Phi) is 12.9. The minimum Gasteiger partial charge on any atom is -0.357 e. The summed E-state index contributed by atoms with van der Waals surface area (Å²) in [4.78, 5) is 50.3. The number of aldehydes is 1. The number of anilines is 1. The third kappa shape index (κ3) is 8.78. The Bertz CT molecular complexity index is 766. The van der Waals surface area contributed by atoms with E-state index in [1.54, 1.807) is 13.1 Å². The van der Waals surface area contributed by atoms with Gasteiger partial charge in [0.25, 0.3) is 5.91 Å². The number of carbonyl (C=O) groups is 4. The maximum Gasteiger partial charge on any atom is 0.255 e. The average molecular weight is 447 g/mol. The van der Waals surface area contributed by atoms with Gasteiger partial charge in [-0.05, 0) is 51.1 Å². The van der Waals surface area contributed by atoms with Crippen molar-refractivity contribution in [3.63, 3.8) is 0 Å². The molecule has 0 bridgehead atoms. The van der Waals surface area contributed by atoms with Crippen molar-refractivity contribution >= 4 is 29.7 Å². The van der Waals surface area contributed by atoms with Crippen molar-refractivity contribution in [3.8, 4) is 0 Å². The van der Waals surface area contributed by atoms with Crippen molar-refractivity contribution < 1.29 is 19.2 Å². The molecule has 1 aromatic rings. The van der Waals surface area contributed by atoms with Crippen LogP contribution in [0.3, 0.4) is 0 Å². The summed E-state index contributed by atoms with van der Waals surface area (Å²) in [6.07, 6.45) is 7.45. The second-order valence-corrected chi connectivity index (χ2v) is 7.92. The van der Waals surface area contributed by atoms with E-state index in [1.807, 2.05) is 14.0 Å². The van der Waals surface area contributed by atoms with E-state index >= 15 is 0 Å². The van der Waals surface area contributed by atoms with Crippen molar-refractivity contribution in [3.05, 3.63) is 29.3 Å². The number of unbranched alkanes of at least 4 members (excludes halogenated alkanes) is 4. The summed E-state index contributed by atoms with van der Waals surface area (Å²) in [6, 6.07) is 4.01. The summed E-state index contributed by atoms with van der Waals surface area (Å²) in [5.74, 6) is -0.775. The maximum atomic E-state index is 13.0. The lowest BCUT2D eigenvalue weighted by Crippen LogP contribution is -2.46. The predicted molar refractivity (Wildman–Crippen MR) is 127 cm³/mol. The molecule has 1 aromatic carbocycles. The number of likely N-dealkylation sites (N-methyl/N-ethyl adjacent to an activating group) is 2. The largest absolute Gasteiger partial charge is 0.357 e. The highest BCUT2D eigenvalue weighted by atomic mass is 16.2. The number of amides is 3. The van der Waals surface area contributed by atoms with Gasteiger partial charge in [0.2, 0.25) is 11.8 Å². The lowest BCUT2D eigenvalue weighted by Gasteiger charge is -2.27. The van der Waals surface area contributed by atoms with Crippen molar-refractivity contribution in [2.45, 2.75) is 64.3 Å². The third-order valence-corrected chi connectivity index (χ3v) is 5.42. The van der Waals surface area contributed by atoms with Crippen molar-refractivity contribution in [1.29, 1.82) is 0 Å². The van der Waals surface area contributed by atoms with Gasteiger partial charge < -0.3 is 20.9 Å². The molecule has 0 aliphatic rings. The smallest absolute Gasteiger partial charge is 0.255 e. The van der Waals surface area contributed by atoms with Crippen LogP contribution < -0.4 is 16.0 Å². The minimum absolute atomic E-state index is 0.115. The molecule has 3 amide bonds. The van der Waals surface area contributed by atoms with Crippen LogP contribution in [-0.4, -0.2) is 62.6 Å². The molecule has 0 aliphatic heterocycles. The number of hydrogen-bond donors (Lipinski definition) is 3. The van der Waals surface area contributed by atoms with Gasteiger partial charge in [0.1, 0.15) is 6.04 Å². The second-order valence-electron chi connectivity index (χ2n) is 7.92. The number of nitrogens with one attached hydrogen (secondary N) is 3. The van der Waals surface area contributed by atoms with Gasteiger partial charge in [-0.15, -0.1) is 0 Å². The summed E-state index contributed by atoms with van der Waals surface area (Å²) in [5, 5.41) is 8.49. The number of nitrogens with zero attached hydrogens (tertiary/aromatic N) is 1. The van der Waals surface area contributed by atoms with Gasteiger partial charge in [0.05, 0.1) is 5.56 Å². The lowest BCUT2D eigenvalue weighted by molar-refractivity contribution is -0.125. The standard InChI is InChI=1S/C24H38N4O4/c1-5-11-21(23(31)26-3)28(4)24(32)20-14-13-19(16-18(20)17-29)27-22(30)12-9-7-6-8-10-15-25-2/h13-14,16-17,21,25H,5-12,15H2,1-4H3,(H,26,31)(H,27,30). The van der Waals surface area contributed by atoms with E-state index < -0.39 is 11.9 Å². The third-order valence-electron chi connectivity index (χ3n) is 5.42. The van der Waals surface area contributed by atoms with Gasteiger partial charge in [-0.25, -0.2) is 0 Å². The van der Waals surface area contributed by atoms with E-state index in [0.29, 0.717) is 24.8 Å². The topological polar surface area (TPSA) is 108 Å². The first kappa shape index (κ1) is 27.3. The van der Waals surface area contributed by atoms with E-state index in [1.165, 1.54) is 24.1 Å². The maximum absolute atomic E-state index is 13.0.